The summed E-state index contributed by atoms with van der Waals surface area (Å²) >= 11 is 0. The zero-order chi connectivity index (χ0) is 20.0. The summed E-state index contributed by atoms with van der Waals surface area (Å²) in [4.78, 5) is 40.1. The SMILES string of the molecule is C=CCNC(=O)c1cn([C@@H](C)CC)cc(C(=O)N(C)C2CCCCC2)c1=O. The van der Waals surface area contributed by atoms with E-state index in [2.05, 4.69) is 11.9 Å². The number of carbonyl (C=O) groups is 2. The summed E-state index contributed by atoms with van der Waals surface area (Å²) in [5.74, 6) is -0.783. The van der Waals surface area contributed by atoms with Crippen LogP contribution in [0.2, 0.25) is 0 Å². The van der Waals surface area contributed by atoms with Crippen molar-refractivity contribution in [3.05, 3.63) is 46.4 Å². The predicted octanol–water partition coefficient (Wildman–Crippen LogP) is 3.14. The number of carbonyl (C=O) groups excluding carboxylic acids is 2. The Morgan fingerprint density at radius 1 is 1.30 bits per heavy atom. The van der Waals surface area contributed by atoms with E-state index in [1.807, 2.05) is 13.8 Å². The van der Waals surface area contributed by atoms with E-state index in [9.17, 15) is 14.4 Å². The lowest BCUT2D eigenvalue weighted by Crippen LogP contribution is -2.41. The third-order valence-corrected chi connectivity index (χ3v) is 5.47. The molecule has 1 aliphatic rings. The summed E-state index contributed by atoms with van der Waals surface area (Å²) in [6.07, 6.45) is 10.8. The molecule has 0 saturated heterocycles. The molecule has 27 heavy (non-hydrogen) atoms. The average Bonchev–Trinajstić information content (AvgIpc) is 2.71. The monoisotopic (exact) mass is 373 g/mol. The molecule has 6 heteroatoms. The molecule has 1 fully saturated rings. The van der Waals surface area contributed by atoms with Crippen LogP contribution in [0, 0.1) is 0 Å². The van der Waals surface area contributed by atoms with E-state index in [1.54, 1.807) is 35.0 Å². The highest BCUT2D eigenvalue weighted by molar-refractivity contribution is 5.99. The first-order chi connectivity index (χ1) is 12.9. The van der Waals surface area contributed by atoms with Gasteiger partial charge in [-0.1, -0.05) is 32.3 Å². The minimum Gasteiger partial charge on any atom is -0.350 e. The highest BCUT2D eigenvalue weighted by Crippen LogP contribution is 2.23. The highest BCUT2D eigenvalue weighted by Gasteiger charge is 2.27. The Balaban J connectivity index is 2.43. The zero-order valence-corrected chi connectivity index (χ0v) is 16.7. The molecule has 1 atom stereocenters. The van der Waals surface area contributed by atoms with Crippen LogP contribution >= 0.6 is 0 Å². The van der Waals surface area contributed by atoms with Gasteiger partial charge in [0.1, 0.15) is 11.1 Å². The number of hydrogen-bond acceptors (Lipinski definition) is 3. The fraction of sp³-hybridized carbons (Fsp3) is 0.571. The molecule has 1 N–H and O–H groups in total. The number of aromatic nitrogens is 1. The van der Waals surface area contributed by atoms with Crippen molar-refractivity contribution in [3.63, 3.8) is 0 Å². The minimum atomic E-state index is -0.510. The van der Waals surface area contributed by atoms with Crippen molar-refractivity contribution in [2.75, 3.05) is 13.6 Å². The van der Waals surface area contributed by atoms with Crippen LogP contribution in [0.5, 0.6) is 0 Å². The standard InChI is InChI=1S/C21H31N3O3/c1-5-12-22-20(26)17-13-24(15(3)6-2)14-18(19(17)25)21(27)23(4)16-10-8-7-9-11-16/h5,13-16H,1,6-12H2,2-4H3,(H,22,26)/t15-/m0/s1. The second-order valence-corrected chi connectivity index (χ2v) is 7.33. The van der Waals surface area contributed by atoms with Crippen LogP contribution < -0.4 is 10.7 Å². The van der Waals surface area contributed by atoms with Gasteiger partial charge in [0.05, 0.1) is 0 Å². The Morgan fingerprint density at radius 3 is 2.52 bits per heavy atom. The van der Waals surface area contributed by atoms with Gasteiger partial charge in [0.2, 0.25) is 5.43 Å². The lowest BCUT2D eigenvalue weighted by molar-refractivity contribution is 0.0694. The van der Waals surface area contributed by atoms with Crippen LogP contribution in [0.1, 0.15) is 79.1 Å². The molecule has 0 aromatic carbocycles. The molecule has 0 bridgehead atoms. The molecule has 6 nitrogen and oxygen atoms in total. The second-order valence-electron chi connectivity index (χ2n) is 7.33. The molecule has 1 aromatic heterocycles. The Hall–Kier alpha value is -2.37. The van der Waals surface area contributed by atoms with Crippen LogP contribution in [-0.2, 0) is 0 Å². The van der Waals surface area contributed by atoms with Gasteiger partial charge < -0.3 is 14.8 Å². The Morgan fingerprint density at radius 2 is 1.93 bits per heavy atom. The quantitative estimate of drug-likeness (QED) is 0.747. The van der Waals surface area contributed by atoms with Gasteiger partial charge >= 0.3 is 0 Å². The van der Waals surface area contributed by atoms with Crippen LogP contribution in [0.3, 0.4) is 0 Å². The number of hydrogen-bond donors (Lipinski definition) is 1. The molecule has 1 saturated carbocycles. The molecule has 0 unspecified atom stereocenters. The molecule has 0 spiro atoms. The maximum absolute atomic E-state index is 13.1. The fourth-order valence-corrected chi connectivity index (χ4v) is 3.46. The molecule has 1 aliphatic carbocycles. The summed E-state index contributed by atoms with van der Waals surface area (Å²) < 4.78 is 1.80. The first-order valence-corrected chi connectivity index (χ1v) is 9.82. The van der Waals surface area contributed by atoms with Gasteiger partial charge in [-0.05, 0) is 26.2 Å². The summed E-state index contributed by atoms with van der Waals surface area (Å²) in [5.41, 5.74) is -0.446. The van der Waals surface area contributed by atoms with Crippen molar-refractivity contribution >= 4 is 11.8 Å². The topological polar surface area (TPSA) is 71.4 Å². The second kappa shape index (κ2) is 9.53. The number of rotatable bonds is 7. The van der Waals surface area contributed by atoms with Crippen molar-refractivity contribution in [1.29, 1.82) is 0 Å². The number of amides is 2. The molecule has 2 rings (SSSR count). The summed E-state index contributed by atoms with van der Waals surface area (Å²) in [6.45, 7) is 7.85. The fourth-order valence-electron chi connectivity index (χ4n) is 3.46. The highest BCUT2D eigenvalue weighted by atomic mass is 16.2. The summed E-state index contributed by atoms with van der Waals surface area (Å²) in [7, 11) is 1.76. The molecular weight excluding hydrogens is 342 g/mol. The molecule has 0 radical (unpaired) electrons. The van der Waals surface area contributed by atoms with Crippen molar-refractivity contribution in [3.8, 4) is 0 Å². The lowest BCUT2D eigenvalue weighted by Gasteiger charge is -2.31. The van der Waals surface area contributed by atoms with Gasteiger partial charge in [0.25, 0.3) is 11.8 Å². The molecule has 1 aromatic rings. The first-order valence-electron chi connectivity index (χ1n) is 9.82. The predicted molar refractivity (Wildman–Crippen MR) is 107 cm³/mol. The van der Waals surface area contributed by atoms with Crippen LogP contribution in [0.15, 0.2) is 29.8 Å². The molecule has 2 amide bonds. The smallest absolute Gasteiger partial charge is 0.259 e. The van der Waals surface area contributed by atoms with Crippen LogP contribution in [0.25, 0.3) is 0 Å². The Bertz CT molecular complexity index is 748. The van der Waals surface area contributed by atoms with Gasteiger partial charge in [-0.25, -0.2) is 0 Å². The van der Waals surface area contributed by atoms with Gasteiger partial charge in [-0.15, -0.1) is 6.58 Å². The first kappa shape index (κ1) is 20.9. The Labute approximate surface area is 161 Å². The third-order valence-electron chi connectivity index (χ3n) is 5.47. The molecular formula is C21H31N3O3. The zero-order valence-electron chi connectivity index (χ0n) is 16.7. The van der Waals surface area contributed by atoms with Crippen LogP contribution in [-0.4, -0.2) is 40.9 Å². The Kier molecular flexibility index (Phi) is 7.39. The third kappa shape index (κ3) is 4.87. The largest absolute Gasteiger partial charge is 0.350 e. The average molecular weight is 373 g/mol. The van der Waals surface area contributed by atoms with Crippen molar-refractivity contribution in [2.45, 2.75) is 64.5 Å². The van der Waals surface area contributed by atoms with Gasteiger partial charge in [-0.2, -0.15) is 0 Å². The summed E-state index contributed by atoms with van der Waals surface area (Å²) in [5, 5.41) is 2.64. The normalized spacial score (nSPS) is 15.8. The molecule has 148 valence electrons. The lowest BCUT2D eigenvalue weighted by atomic mass is 9.94. The maximum Gasteiger partial charge on any atom is 0.259 e. The minimum absolute atomic E-state index is 0.0000409. The van der Waals surface area contributed by atoms with E-state index in [4.69, 9.17) is 0 Å². The van der Waals surface area contributed by atoms with Crippen molar-refractivity contribution in [2.24, 2.45) is 0 Å². The van der Waals surface area contributed by atoms with Crippen molar-refractivity contribution < 1.29 is 9.59 Å². The van der Waals surface area contributed by atoms with E-state index in [0.717, 1.165) is 32.1 Å². The molecule has 0 aliphatic heterocycles. The van der Waals surface area contributed by atoms with Gasteiger partial charge in [0, 0.05) is 38.1 Å². The van der Waals surface area contributed by atoms with Gasteiger partial charge in [-0.3, -0.25) is 14.4 Å². The van der Waals surface area contributed by atoms with E-state index in [0.29, 0.717) is 0 Å². The van der Waals surface area contributed by atoms with E-state index < -0.39 is 11.3 Å². The number of nitrogens with one attached hydrogen (secondary N) is 1. The van der Waals surface area contributed by atoms with E-state index in [1.165, 1.54) is 6.42 Å². The van der Waals surface area contributed by atoms with E-state index in [-0.39, 0.29) is 35.7 Å². The number of pyridine rings is 1. The number of nitrogens with zero attached hydrogens (tertiary/aromatic N) is 2. The van der Waals surface area contributed by atoms with Crippen LogP contribution in [0.4, 0.5) is 0 Å². The molecule has 1 heterocycles. The maximum atomic E-state index is 13.1. The van der Waals surface area contributed by atoms with Crippen molar-refractivity contribution in [1.82, 2.24) is 14.8 Å². The summed E-state index contributed by atoms with van der Waals surface area (Å²) in [6, 6.07) is 0.226. The van der Waals surface area contributed by atoms with E-state index >= 15 is 0 Å². The van der Waals surface area contributed by atoms with Gasteiger partial charge in [0.15, 0.2) is 0 Å².